The van der Waals surface area contributed by atoms with E-state index in [9.17, 15) is 13.7 Å². The van der Waals surface area contributed by atoms with E-state index in [1.165, 1.54) is 28.4 Å². The topological polar surface area (TPSA) is 213 Å². The molecule has 52 heavy (non-hydrogen) atoms. The second kappa shape index (κ2) is 27.0. The number of ether oxygens (including phenoxy) is 4. The number of rotatable bonds is 18. The van der Waals surface area contributed by atoms with E-state index < -0.39 is 23.5 Å². The molecule has 0 unspecified atom stereocenters. The summed E-state index contributed by atoms with van der Waals surface area (Å²) < 4.78 is 88.1. The van der Waals surface area contributed by atoms with Crippen LogP contribution in [0.5, 0.6) is 23.0 Å². The number of phosphoric acid groups is 3. The van der Waals surface area contributed by atoms with Gasteiger partial charge in [-0.25, -0.2) is 22.7 Å². The van der Waals surface area contributed by atoms with Crippen molar-refractivity contribution in [2.45, 2.75) is 0 Å². The summed E-state index contributed by atoms with van der Waals surface area (Å²) in [5.41, 5.74) is 0. The monoisotopic (exact) mass is 792 g/mol. The van der Waals surface area contributed by atoms with Crippen LogP contribution in [-0.2, 0) is 46.2 Å². The highest BCUT2D eigenvalue weighted by Crippen LogP contribution is 2.50. The number of aliphatic hydroxyl groups is 1. The Kier molecular flexibility index (Phi) is 24.1. The van der Waals surface area contributed by atoms with Crippen molar-refractivity contribution in [1.29, 1.82) is 0 Å². The fraction of sp³-hybridized carbons (Fsp3) is 0.250. The van der Waals surface area contributed by atoms with Crippen LogP contribution in [0, 0.1) is 0 Å². The van der Waals surface area contributed by atoms with Gasteiger partial charge in [-0.05, 0) is 48.5 Å². The molecule has 17 nitrogen and oxygen atoms in total. The first-order valence-electron chi connectivity index (χ1n) is 14.7. The largest absolute Gasteiger partial charge is 0.589 e. The highest BCUT2D eigenvalue weighted by Gasteiger charge is 2.32. The molecule has 0 saturated heterocycles. The molecule has 0 spiro atoms. The fourth-order valence-electron chi connectivity index (χ4n) is 2.94. The van der Waals surface area contributed by atoms with Crippen LogP contribution in [0.2, 0.25) is 0 Å². The minimum Gasteiger partial charge on any atom is -0.395 e. The van der Waals surface area contributed by atoms with Crippen LogP contribution in [0.15, 0.2) is 121 Å². The van der Waals surface area contributed by atoms with E-state index in [0.29, 0.717) is 23.0 Å². The lowest BCUT2D eigenvalue weighted by Gasteiger charge is -2.18. The average molecular weight is 793 g/mol. The van der Waals surface area contributed by atoms with Gasteiger partial charge in [-0.1, -0.05) is 72.8 Å². The van der Waals surface area contributed by atoms with Crippen molar-refractivity contribution in [2.24, 2.45) is 0 Å². The molecule has 4 aromatic rings. The maximum Gasteiger partial charge on any atom is 0.589 e. The van der Waals surface area contributed by atoms with Crippen molar-refractivity contribution in [3.05, 3.63) is 121 Å². The summed E-state index contributed by atoms with van der Waals surface area (Å²) in [5, 5.41) is 7.65. The molecule has 0 bridgehead atoms. The second-order valence-corrected chi connectivity index (χ2v) is 13.3. The van der Waals surface area contributed by atoms with Gasteiger partial charge < -0.3 is 51.9 Å². The molecule has 4 aromatic carbocycles. The minimum absolute atomic E-state index is 0.181. The summed E-state index contributed by atoms with van der Waals surface area (Å²) in [6.45, 7) is -0.960. The van der Waals surface area contributed by atoms with Crippen molar-refractivity contribution in [3.8, 4) is 23.0 Å². The van der Waals surface area contributed by atoms with Gasteiger partial charge in [0.15, 0.2) is 20.4 Å². The summed E-state index contributed by atoms with van der Waals surface area (Å²) in [4.78, 5) is 15.9. The van der Waals surface area contributed by atoms with Crippen LogP contribution < -0.4 is 18.1 Å². The van der Waals surface area contributed by atoms with Crippen LogP contribution in [0.3, 0.4) is 0 Å². The molecular formula is C32H43O17P3. The normalized spacial score (nSPS) is 10.9. The maximum atomic E-state index is 12.6. The van der Waals surface area contributed by atoms with E-state index in [0.717, 1.165) is 0 Å². The predicted octanol–water partition coefficient (Wildman–Crippen LogP) is 7.03. The molecule has 0 aliphatic carbocycles. The SMILES string of the molecule is COCO.COCOP(=O)(O)O.COCOP(=O)(Oc1ccccc1)Oc1ccccc1.COCOP(=O)(Oc1ccccc1)Oc1ccccc1. The fourth-order valence-corrected chi connectivity index (χ4v) is 5.46. The van der Waals surface area contributed by atoms with Crippen LogP contribution in [0.4, 0.5) is 0 Å². The Morgan fingerprint density at radius 3 is 0.827 bits per heavy atom. The summed E-state index contributed by atoms with van der Waals surface area (Å²) in [7, 11) is -6.36. The summed E-state index contributed by atoms with van der Waals surface area (Å²) >= 11 is 0. The molecule has 0 aliphatic rings. The van der Waals surface area contributed by atoms with Crippen molar-refractivity contribution in [2.75, 3.05) is 55.6 Å². The van der Waals surface area contributed by atoms with Crippen molar-refractivity contribution >= 4 is 23.5 Å². The Morgan fingerprint density at radius 1 is 0.423 bits per heavy atom. The number of aliphatic hydroxyl groups excluding tert-OH is 1. The number of hydrogen-bond donors (Lipinski definition) is 3. The lowest BCUT2D eigenvalue weighted by atomic mass is 10.3. The molecule has 0 aliphatic heterocycles. The number of hydrogen-bond acceptors (Lipinski definition) is 15. The van der Waals surface area contributed by atoms with E-state index in [2.05, 4.69) is 14.0 Å². The van der Waals surface area contributed by atoms with Gasteiger partial charge in [0.05, 0.1) is 0 Å². The van der Waals surface area contributed by atoms with Crippen molar-refractivity contribution in [3.63, 3.8) is 0 Å². The zero-order chi connectivity index (χ0) is 38.6. The molecule has 3 N–H and O–H groups in total. The lowest BCUT2D eigenvalue weighted by molar-refractivity contribution is 0.0282. The van der Waals surface area contributed by atoms with Gasteiger partial charge in [0.1, 0.15) is 29.8 Å². The smallest absolute Gasteiger partial charge is 0.395 e. The molecular weight excluding hydrogens is 749 g/mol. The van der Waals surface area contributed by atoms with E-state index in [-0.39, 0.29) is 27.2 Å². The van der Waals surface area contributed by atoms with Gasteiger partial charge in [-0.15, -0.1) is 0 Å². The van der Waals surface area contributed by atoms with E-state index >= 15 is 0 Å². The first-order chi connectivity index (χ1) is 24.9. The first-order valence-corrected chi connectivity index (χ1v) is 19.1. The molecule has 0 radical (unpaired) electrons. The lowest BCUT2D eigenvalue weighted by Crippen LogP contribution is -2.06. The van der Waals surface area contributed by atoms with E-state index in [1.807, 2.05) is 24.3 Å². The zero-order valence-corrected chi connectivity index (χ0v) is 31.5. The molecule has 0 fully saturated rings. The molecule has 20 heteroatoms. The zero-order valence-electron chi connectivity index (χ0n) is 28.8. The third kappa shape index (κ3) is 23.0. The van der Waals surface area contributed by atoms with Gasteiger partial charge in [0.25, 0.3) is 0 Å². The maximum absolute atomic E-state index is 12.6. The number of phosphoric ester groups is 3. The average Bonchev–Trinajstić information content (AvgIpc) is 3.14. The number of benzene rings is 4. The van der Waals surface area contributed by atoms with Gasteiger partial charge in [-0.2, -0.15) is 0 Å². The molecule has 0 aromatic heterocycles. The van der Waals surface area contributed by atoms with Crippen LogP contribution in [0.1, 0.15) is 0 Å². The van der Waals surface area contributed by atoms with Crippen LogP contribution in [-0.4, -0.2) is 70.5 Å². The Bertz CT molecular complexity index is 1380. The van der Waals surface area contributed by atoms with Crippen molar-refractivity contribution < 1.29 is 79.2 Å². The molecule has 0 atom stereocenters. The summed E-state index contributed by atoms with van der Waals surface area (Å²) in [6, 6.07) is 34.7. The predicted molar refractivity (Wildman–Crippen MR) is 189 cm³/mol. The quantitative estimate of drug-likeness (QED) is 0.0681. The number of methoxy groups -OCH3 is 4. The van der Waals surface area contributed by atoms with E-state index in [4.69, 9.17) is 51.5 Å². The van der Waals surface area contributed by atoms with Crippen LogP contribution in [0.25, 0.3) is 0 Å². The molecule has 0 amide bonds. The third-order valence-corrected chi connectivity index (χ3v) is 7.99. The van der Waals surface area contributed by atoms with Gasteiger partial charge >= 0.3 is 23.5 Å². The second-order valence-electron chi connectivity index (χ2n) is 9.03. The van der Waals surface area contributed by atoms with E-state index in [1.54, 1.807) is 97.1 Å². The Labute approximate surface area is 302 Å². The minimum atomic E-state index is -4.31. The van der Waals surface area contributed by atoms with Gasteiger partial charge in [0.2, 0.25) is 0 Å². The summed E-state index contributed by atoms with van der Waals surface area (Å²) in [6.07, 6.45) is 0. The summed E-state index contributed by atoms with van der Waals surface area (Å²) in [5.74, 6) is 1.57. The molecule has 288 valence electrons. The highest BCUT2D eigenvalue weighted by atomic mass is 31.2. The Balaban J connectivity index is 0.000000399. The third-order valence-electron chi connectivity index (χ3n) is 4.97. The van der Waals surface area contributed by atoms with Gasteiger partial charge in [-0.3, -0.25) is 4.52 Å². The number of para-hydroxylation sites is 4. The molecule has 0 heterocycles. The highest BCUT2D eigenvalue weighted by molar-refractivity contribution is 7.49. The van der Waals surface area contributed by atoms with Crippen LogP contribution >= 0.6 is 23.5 Å². The van der Waals surface area contributed by atoms with Gasteiger partial charge in [0, 0.05) is 28.4 Å². The molecule has 0 saturated carbocycles. The first kappa shape index (κ1) is 46.4. The standard InChI is InChI=1S/2C14H15O5P.C2H7O5P.C2H6O2/c2*1-16-12-17-20(15,18-13-8-4-2-5-9-13)19-14-10-6-3-7-11-14;1-6-2-7-8(3,4)5;1-4-2-3/h2*2-11H,12H2,1H3;2H2,1H3,(H2,3,4,5);3H,2H2,1H3. The Morgan fingerprint density at radius 2 is 0.654 bits per heavy atom. The Hall–Kier alpha value is -3.63. The molecule has 4 rings (SSSR count). The van der Waals surface area contributed by atoms with Crippen molar-refractivity contribution in [1.82, 2.24) is 0 Å².